The summed E-state index contributed by atoms with van der Waals surface area (Å²) in [7, 11) is 0. The van der Waals surface area contributed by atoms with E-state index in [1.165, 1.54) is 0 Å². The first-order valence-corrected chi connectivity index (χ1v) is 7.46. The summed E-state index contributed by atoms with van der Waals surface area (Å²) in [5.41, 5.74) is 4.68. The van der Waals surface area contributed by atoms with Gasteiger partial charge < -0.3 is 9.97 Å². The first kappa shape index (κ1) is 13.5. The number of aryl methyl sites for hydroxylation is 1. The molecule has 0 fully saturated rings. The van der Waals surface area contributed by atoms with Gasteiger partial charge in [0, 0.05) is 5.02 Å². The van der Waals surface area contributed by atoms with Crippen molar-refractivity contribution in [1.82, 2.24) is 9.97 Å². The quantitative estimate of drug-likeness (QED) is 0.664. The number of aromatic nitrogens is 2. The lowest BCUT2D eigenvalue weighted by Gasteiger charge is -2.12. The second-order valence-electron chi connectivity index (χ2n) is 4.76. The Balaban J connectivity index is 2.04. The van der Waals surface area contributed by atoms with Gasteiger partial charge in [-0.05, 0) is 41.8 Å². The highest BCUT2D eigenvalue weighted by atomic mass is 79.9. The molecule has 0 saturated heterocycles. The van der Waals surface area contributed by atoms with E-state index < -0.39 is 0 Å². The summed E-state index contributed by atoms with van der Waals surface area (Å²) in [4.78, 5) is 16.9. The Morgan fingerprint density at radius 1 is 1.05 bits per heavy atom. The number of rotatable bonds is 2. The van der Waals surface area contributed by atoms with Crippen LogP contribution >= 0.6 is 27.5 Å². The lowest BCUT2D eigenvalue weighted by molar-refractivity contribution is 1.17. The number of fused-ring (bicyclic) bond motifs is 1. The third-order valence-electron chi connectivity index (χ3n) is 3.31. The van der Waals surface area contributed by atoms with Crippen LogP contribution in [0.4, 0.5) is 0 Å². The Kier molecular flexibility index (Phi) is 3.44. The predicted octanol–water partition coefficient (Wildman–Crippen LogP) is 4.30. The van der Waals surface area contributed by atoms with E-state index in [-0.39, 0.29) is 10.5 Å². The zero-order valence-electron chi connectivity index (χ0n) is 10.7. The molecular formula is C15H12BrClN2O. The largest absolute Gasteiger partial charge is 0.323 e. The summed E-state index contributed by atoms with van der Waals surface area (Å²) < 4.78 is 0. The number of hydrogen-bond acceptors (Lipinski definition) is 1. The molecule has 0 bridgehead atoms. The fourth-order valence-electron chi connectivity index (χ4n) is 2.23. The predicted molar refractivity (Wildman–Crippen MR) is 85.9 cm³/mol. The minimum absolute atomic E-state index is 0.0567. The molecule has 1 unspecified atom stereocenters. The van der Waals surface area contributed by atoms with Gasteiger partial charge >= 0.3 is 5.69 Å². The van der Waals surface area contributed by atoms with Gasteiger partial charge in [0.25, 0.3) is 0 Å². The molecule has 5 heteroatoms. The molecule has 1 atom stereocenters. The fourth-order valence-corrected chi connectivity index (χ4v) is 2.91. The average molecular weight is 352 g/mol. The normalized spacial score (nSPS) is 12.8. The molecule has 0 spiro atoms. The summed E-state index contributed by atoms with van der Waals surface area (Å²) in [5, 5.41) is 0.763. The van der Waals surface area contributed by atoms with E-state index >= 15 is 0 Å². The number of imidazole rings is 1. The summed E-state index contributed by atoms with van der Waals surface area (Å²) >= 11 is 9.75. The van der Waals surface area contributed by atoms with Crippen molar-refractivity contribution in [2.45, 2.75) is 11.8 Å². The van der Waals surface area contributed by atoms with Gasteiger partial charge in [-0.25, -0.2) is 4.79 Å². The van der Waals surface area contributed by atoms with E-state index in [0.717, 1.165) is 32.7 Å². The summed E-state index contributed by atoms with van der Waals surface area (Å²) in [6, 6.07) is 11.8. The number of H-pyrrole nitrogens is 2. The third-order valence-corrected chi connectivity index (χ3v) is 4.79. The van der Waals surface area contributed by atoms with Crippen LogP contribution in [0.2, 0.25) is 5.02 Å². The van der Waals surface area contributed by atoms with Crippen molar-refractivity contribution < 1.29 is 0 Å². The molecule has 2 aromatic carbocycles. The minimum atomic E-state index is -0.189. The standard InChI is InChI=1S/C15H12BrClN2O/c1-8-6-9(2-4-11(8)17)14(16)10-3-5-12-13(7-10)19-15(20)18-12/h2-7,14H,1H3,(H2,18,19,20). The summed E-state index contributed by atoms with van der Waals surface area (Å²) in [6.45, 7) is 1.98. The SMILES string of the molecule is Cc1cc(C(Br)c2ccc3[nH]c(=O)[nH]c3c2)ccc1Cl. The maximum Gasteiger partial charge on any atom is 0.323 e. The first-order chi connectivity index (χ1) is 9.54. The van der Waals surface area contributed by atoms with Gasteiger partial charge in [0.15, 0.2) is 0 Å². The molecule has 102 valence electrons. The Labute approximate surface area is 129 Å². The monoisotopic (exact) mass is 350 g/mol. The van der Waals surface area contributed by atoms with Gasteiger partial charge in [-0.3, -0.25) is 0 Å². The first-order valence-electron chi connectivity index (χ1n) is 6.16. The van der Waals surface area contributed by atoms with Gasteiger partial charge in [-0.2, -0.15) is 0 Å². The Hall–Kier alpha value is -1.52. The molecule has 1 heterocycles. The number of nitrogens with one attached hydrogen (secondary N) is 2. The average Bonchev–Trinajstić information content (AvgIpc) is 2.80. The third kappa shape index (κ3) is 2.41. The molecule has 0 radical (unpaired) electrons. The van der Waals surface area contributed by atoms with E-state index in [1.807, 2.05) is 37.3 Å². The molecule has 3 nitrogen and oxygen atoms in total. The van der Waals surface area contributed by atoms with Crippen molar-refractivity contribution in [2.24, 2.45) is 0 Å². The zero-order chi connectivity index (χ0) is 14.3. The highest BCUT2D eigenvalue weighted by molar-refractivity contribution is 9.09. The van der Waals surface area contributed by atoms with Gasteiger partial charge in [-0.15, -0.1) is 0 Å². The molecule has 1 aromatic heterocycles. The van der Waals surface area contributed by atoms with Crippen LogP contribution in [0.15, 0.2) is 41.2 Å². The highest BCUT2D eigenvalue weighted by Crippen LogP contribution is 2.33. The van der Waals surface area contributed by atoms with Gasteiger partial charge in [0.1, 0.15) is 0 Å². The number of benzene rings is 2. The van der Waals surface area contributed by atoms with E-state index in [0.29, 0.717) is 0 Å². The van der Waals surface area contributed by atoms with Gasteiger partial charge in [-0.1, -0.05) is 45.7 Å². The van der Waals surface area contributed by atoms with Crippen LogP contribution in [0.5, 0.6) is 0 Å². The minimum Gasteiger partial charge on any atom is -0.306 e. The second kappa shape index (κ2) is 5.11. The maximum atomic E-state index is 11.3. The van der Waals surface area contributed by atoms with Crippen molar-refractivity contribution >= 4 is 38.6 Å². The van der Waals surface area contributed by atoms with Crippen molar-refractivity contribution in [2.75, 3.05) is 0 Å². The van der Waals surface area contributed by atoms with Crippen LogP contribution in [0.1, 0.15) is 21.5 Å². The van der Waals surface area contributed by atoms with Crippen LogP contribution in [0, 0.1) is 6.92 Å². The van der Waals surface area contributed by atoms with Gasteiger partial charge in [0.05, 0.1) is 15.9 Å². The van der Waals surface area contributed by atoms with E-state index in [1.54, 1.807) is 0 Å². The Bertz CT molecular complexity index is 837. The van der Waals surface area contributed by atoms with Crippen molar-refractivity contribution in [1.29, 1.82) is 0 Å². The molecule has 3 aromatic rings. The van der Waals surface area contributed by atoms with Crippen LogP contribution in [0.3, 0.4) is 0 Å². The molecule has 3 rings (SSSR count). The molecule has 0 aliphatic rings. The topological polar surface area (TPSA) is 48.6 Å². The second-order valence-corrected chi connectivity index (χ2v) is 6.08. The van der Waals surface area contributed by atoms with E-state index in [9.17, 15) is 4.79 Å². The lowest BCUT2D eigenvalue weighted by atomic mass is 10.0. The highest BCUT2D eigenvalue weighted by Gasteiger charge is 2.12. The molecule has 0 aliphatic carbocycles. The van der Waals surface area contributed by atoms with E-state index in [4.69, 9.17) is 11.6 Å². The zero-order valence-corrected chi connectivity index (χ0v) is 13.0. The Morgan fingerprint density at radius 3 is 2.45 bits per heavy atom. The summed E-state index contributed by atoms with van der Waals surface area (Å²) in [6.07, 6.45) is 0. The van der Waals surface area contributed by atoms with Crippen molar-refractivity contribution in [3.05, 3.63) is 68.6 Å². The number of alkyl halides is 1. The van der Waals surface area contributed by atoms with Crippen molar-refractivity contribution in [3.63, 3.8) is 0 Å². The number of halogens is 2. The molecule has 0 aliphatic heterocycles. The lowest BCUT2D eigenvalue weighted by Crippen LogP contribution is -1.99. The molecule has 0 amide bonds. The van der Waals surface area contributed by atoms with Crippen LogP contribution in [-0.4, -0.2) is 9.97 Å². The van der Waals surface area contributed by atoms with Crippen molar-refractivity contribution in [3.8, 4) is 0 Å². The maximum absolute atomic E-state index is 11.3. The summed E-state index contributed by atoms with van der Waals surface area (Å²) in [5.74, 6) is 0. The number of aromatic amines is 2. The molecule has 0 saturated carbocycles. The van der Waals surface area contributed by atoms with E-state index in [2.05, 4.69) is 32.0 Å². The molecule has 2 N–H and O–H groups in total. The fraction of sp³-hybridized carbons (Fsp3) is 0.133. The van der Waals surface area contributed by atoms with Gasteiger partial charge in [0.2, 0.25) is 0 Å². The van der Waals surface area contributed by atoms with Crippen LogP contribution in [0.25, 0.3) is 11.0 Å². The Morgan fingerprint density at radius 2 is 1.70 bits per heavy atom. The molecular weight excluding hydrogens is 340 g/mol. The van der Waals surface area contributed by atoms with Crippen LogP contribution < -0.4 is 5.69 Å². The van der Waals surface area contributed by atoms with Crippen LogP contribution in [-0.2, 0) is 0 Å². The smallest absolute Gasteiger partial charge is 0.306 e. The number of hydrogen-bond donors (Lipinski definition) is 2. The molecule has 20 heavy (non-hydrogen) atoms.